The van der Waals surface area contributed by atoms with Crippen LogP contribution in [-0.2, 0) is 12.8 Å². The third-order valence-electron chi connectivity index (χ3n) is 5.15. The highest BCUT2D eigenvalue weighted by molar-refractivity contribution is 7.19. The van der Waals surface area contributed by atoms with Crippen molar-refractivity contribution in [3.63, 3.8) is 0 Å². The number of amides is 1. The van der Waals surface area contributed by atoms with Gasteiger partial charge in [-0.05, 0) is 68.0 Å². The third kappa shape index (κ3) is 4.32. The molecule has 1 heterocycles. The fraction of sp³-hybridized carbons (Fsp3) is 0.208. The molecular weight excluding hydrogens is 416 g/mol. The largest absolute Gasteiger partial charge is 0.298 e. The first-order valence-electron chi connectivity index (χ1n) is 10.0. The van der Waals surface area contributed by atoms with Gasteiger partial charge in [0.2, 0.25) is 0 Å². The lowest BCUT2D eigenvalue weighted by atomic mass is 9.99. The number of aryl methyl sites for hydroxylation is 2. The molecule has 0 aliphatic heterocycles. The number of rotatable bonds is 4. The highest BCUT2D eigenvalue weighted by Crippen LogP contribution is 2.39. The summed E-state index contributed by atoms with van der Waals surface area (Å²) in [4.78, 5) is 22.4. The number of nitrogens with zero attached hydrogens (tertiary/aromatic N) is 2. The minimum Gasteiger partial charge on any atom is -0.298 e. The molecule has 0 bridgehead atoms. The molecule has 0 fully saturated rings. The molecule has 1 aromatic heterocycles. The first-order chi connectivity index (χ1) is 15.0. The molecule has 2 aromatic carbocycles. The predicted molar refractivity (Wildman–Crippen MR) is 121 cm³/mol. The molecule has 4 nitrogen and oxygen atoms in total. The van der Waals surface area contributed by atoms with E-state index in [1.807, 2.05) is 26.0 Å². The first kappa shape index (κ1) is 21.1. The normalized spacial score (nSPS) is 13.6. The van der Waals surface area contributed by atoms with Gasteiger partial charge in [0.05, 0.1) is 10.6 Å². The van der Waals surface area contributed by atoms with Gasteiger partial charge in [-0.2, -0.15) is 0 Å². The van der Waals surface area contributed by atoms with Crippen molar-refractivity contribution in [1.82, 2.24) is 4.98 Å². The number of thiazole rings is 1. The van der Waals surface area contributed by atoms with Crippen LogP contribution in [0.3, 0.4) is 0 Å². The van der Waals surface area contributed by atoms with E-state index < -0.39 is 23.1 Å². The standard InChI is InChI=1S/C24H21F2N3OS/c1-3-12-27-14(2)15-10-11-17-16(13-15)6-4-9-20-22(17)31-24(28-20)29-23(30)21-18(25)7-5-8-19(21)26/h3,5,7-8,10-13H,4,6,9H2,1-2H3,(H,28,29,30)/b12-3-,27-14?. The number of aliphatic imine (C=N–C) groups is 1. The van der Waals surface area contributed by atoms with Gasteiger partial charge in [0, 0.05) is 11.9 Å². The van der Waals surface area contributed by atoms with Crippen LogP contribution >= 0.6 is 11.3 Å². The number of carbonyl (C=O) groups excluding carboxylic acids is 1. The van der Waals surface area contributed by atoms with Gasteiger partial charge in [-0.1, -0.05) is 35.6 Å². The van der Waals surface area contributed by atoms with E-state index >= 15 is 0 Å². The molecule has 31 heavy (non-hydrogen) atoms. The highest BCUT2D eigenvalue weighted by atomic mass is 32.1. The monoisotopic (exact) mass is 437 g/mol. The summed E-state index contributed by atoms with van der Waals surface area (Å²) < 4.78 is 27.9. The number of fused-ring (bicyclic) bond motifs is 3. The molecule has 4 rings (SSSR count). The Kier molecular flexibility index (Phi) is 6.04. The number of carbonyl (C=O) groups is 1. The first-order valence-corrected chi connectivity index (χ1v) is 10.8. The molecular formula is C24H21F2N3OS. The minimum absolute atomic E-state index is 0.334. The van der Waals surface area contributed by atoms with Crippen molar-refractivity contribution in [3.05, 3.63) is 82.7 Å². The Bertz CT molecular complexity index is 1190. The zero-order valence-corrected chi connectivity index (χ0v) is 18.0. The molecule has 7 heteroatoms. The number of benzene rings is 2. The third-order valence-corrected chi connectivity index (χ3v) is 6.20. The molecule has 0 radical (unpaired) electrons. The Morgan fingerprint density at radius 2 is 1.97 bits per heavy atom. The lowest BCUT2D eigenvalue weighted by Crippen LogP contribution is -2.15. The molecule has 0 unspecified atom stereocenters. The molecule has 1 amide bonds. The summed E-state index contributed by atoms with van der Waals surface area (Å²) in [7, 11) is 0. The molecule has 0 saturated carbocycles. The van der Waals surface area contributed by atoms with Crippen molar-refractivity contribution in [2.45, 2.75) is 33.1 Å². The zero-order chi connectivity index (χ0) is 22.0. The van der Waals surface area contributed by atoms with Crippen LogP contribution in [0.15, 0.2) is 53.7 Å². The van der Waals surface area contributed by atoms with Crippen molar-refractivity contribution in [1.29, 1.82) is 0 Å². The number of nitrogens with one attached hydrogen (secondary N) is 1. The van der Waals surface area contributed by atoms with Gasteiger partial charge in [-0.25, -0.2) is 13.8 Å². The van der Waals surface area contributed by atoms with Crippen molar-refractivity contribution in [2.75, 3.05) is 5.32 Å². The number of aromatic nitrogens is 1. The predicted octanol–water partition coefficient (Wildman–Crippen LogP) is 6.17. The van der Waals surface area contributed by atoms with Gasteiger partial charge in [0.1, 0.15) is 17.2 Å². The highest BCUT2D eigenvalue weighted by Gasteiger charge is 2.23. The number of hydrogen-bond donors (Lipinski definition) is 1. The molecule has 0 saturated heterocycles. The van der Waals surface area contributed by atoms with E-state index in [1.165, 1.54) is 23.0 Å². The van der Waals surface area contributed by atoms with Gasteiger partial charge in [0.25, 0.3) is 5.91 Å². The lowest BCUT2D eigenvalue weighted by Gasteiger charge is -2.09. The topological polar surface area (TPSA) is 54.4 Å². The Morgan fingerprint density at radius 3 is 2.71 bits per heavy atom. The Balaban J connectivity index is 1.65. The van der Waals surface area contributed by atoms with Crippen LogP contribution in [0.25, 0.3) is 10.4 Å². The van der Waals surface area contributed by atoms with Gasteiger partial charge in [-0.3, -0.25) is 15.1 Å². The lowest BCUT2D eigenvalue weighted by molar-refractivity contribution is 0.101. The fourth-order valence-electron chi connectivity index (χ4n) is 3.61. The molecule has 158 valence electrons. The average molecular weight is 438 g/mol. The number of halogens is 2. The van der Waals surface area contributed by atoms with Gasteiger partial charge in [-0.15, -0.1) is 0 Å². The van der Waals surface area contributed by atoms with Gasteiger partial charge >= 0.3 is 0 Å². The smallest absolute Gasteiger partial charge is 0.263 e. The molecule has 0 atom stereocenters. The molecule has 1 N–H and O–H groups in total. The minimum atomic E-state index is -0.900. The zero-order valence-electron chi connectivity index (χ0n) is 17.2. The number of allylic oxidation sites excluding steroid dienone is 1. The summed E-state index contributed by atoms with van der Waals surface area (Å²) in [5.74, 6) is -2.64. The van der Waals surface area contributed by atoms with Crippen molar-refractivity contribution in [2.24, 2.45) is 4.99 Å². The summed E-state index contributed by atoms with van der Waals surface area (Å²) in [6, 6.07) is 9.59. The van der Waals surface area contributed by atoms with E-state index in [0.717, 1.165) is 58.8 Å². The summed E-state index contributed by atoms with van der Waals surface area (Å²) in [5, 5.41) is 2.90. The SMILES string of the molecule is C/C=C\N=C(C)c1ccc2c(c1)CCCc1nc(NC(=O)c3c(F)cccc3F)sc1-2. The van der Waals surface area contributed by atoms with E-state index in [4.69, 9.17) is 0 Å². The maximum Gasteiger partial charge on any atom is 0.263 e. The van der Waals surface area contributed by atoms with Crippen LogP contribution in [0.1, 0.15) is 47.4 Å². The van der Waals surface area contributed by atoms with Crippen LogP contribution in [0.4, 0.5) is 13.9 Å². The van der Waals surface area contributed by atoms with Crippen molar-refractivity contribution < 1.29 is 13.6 Å². The maximum atomic E-state index is 13.9. The van der Waals surface area contributed by atoms with Crippen LogP contribution in [0.2, 0.25) is 0 Å². The van der Waals surface area contributed by atoms with Crippen LogP contribution in [0, 0.1) is 11.6 Å². The molecule has 1 aliphatic carbocycles. The molecule has 3 aromatic rings. The average Bonchev–Trinajstić information content (AvgIpc) is 3.05. The van der Waals surface area contributed by atoms with E-state index in [-0.39, 0.29) is 0 Å². The molecule has 0 spiro atoms. The summed E-state index contributed by atoms with van der Waals surface area (Å²) >= 11 is 1.32. The van der Waals surface area contributed by atoms with E-state index in [2.05, 4.69) is 27.4 Å². The van der Waals surface area contributed by atoms with Gasteiger partial charge < -0.3 is 0 Å². The van der Waals surface area contributed by atoms with Crippen molar-refractivity contribution in [3.8, 4) is 10.4 Å². The Labute approximate surface area is 183 Å². The van der Waals surface area contributed by atoms with Crippen LogP contribution in [0.5, 0.6) is 0 Å². The Morgan fingerprint density at radius 1 is 1.19 bits per heavy atom. The maximum absolute atomic E-state index is 13.9. The van der Waals surface area contributed by atoms with Crippen molar-refractivity contribution >= 4 is 28.1 Å². The second-order valence-electron chi connectivity index (χ2n) is 7.27. The second kappa shape index (κ2) is 8.89. The summed E-state index contributed by atoms with van der Waals surface area (Å²) in [6.45, 7) is 3.90. The van der Waals surface area contributed by atoms with E-state index in [9.17, 15) is 13.6 Å². The number of hydrogen-bond acceptors (Lipinski definition) is 4. The van der Waals surface area contributed by atoms with Crippen LogP contribution < -0.4 is 5.32 Å². The van der Waals surface area contributed by atoms with Crippen LogP contribution in [-0.4, -0.2) is 16.6 Å². The summed E-state index contributed by atoms with van der Waals surface area (Å²) in [6.07, 6.45) is 6.28. The second-order valence-corrected chi connectivity index (χ2v) is 8.27. The Hall–Kier alpha value is -3.19. The summed E-state index contributed by atoms with van der Waals surface area (Å²) in [5.41, 5.74) is 4.56. The number of anilines is 1. The quantitative estimate of drug-likeness (QED) is 0.496. The van der Waals surface area contributed by atoms with Gasteiger partial charge in [0.15, 0.2) is 5.13 Å². The van der Waals surface area contributed by atoms with E-state index in [0.29, 0.717) is 5.13 Å². The molecule has 1 aliphatic rings. The van der Waals surface area contributed by atoms with E-state index in [1.54, 1.807) is 6.20 Å². The fourth-order valence-corrected chi connectivity index (χ4v) is 4.68.